The normalized spacial score (nSPS) is 12.4. The molecule has 0 radical (unpaired) electrons. The standard InChI is InChI=1S/C18H19N7OS/c1-10-12(3)27-18(25-9-19-22-23-25)15(10)17(26)20-11(2)16-21-13-7-5-6-8-14(13)24(16)4/h5-9,11H,1-4H3,(H,20,26). The SMILES string of the molecule is Cc1sc(-n2cnnn2)c(C(=O)NC(C)c2nc3ccccc3n2C)c1C. The number of rotatable bonds is 4. The molecule has 0 aliphatic rings. The molecule has 3 aromatic heterocycles. The van der Waals surface area contributed by atoms with Gasteiger partial charge in [-0.1, -0.05) is 12.1 Å². The van der Waals surface area contributed by atoms with E-state index in [9.17, 15) is 4.79 Å². The van der Waals surface area contributed by atoms with Gasteiger partial charge in [0.05, 0.1) is 22.6 Å². The molecule has 0 aliphatic carbocycles. The molecule has 4 rings (SSSR count). The van der Waals surface area contributed by atoms with Crippen LogP contribution in [0.4, 0.5) is 0 Å². The zero-order valence-corrected chi connectivity index (χ0v) is 16.3. The van der Waals surface area contributed by atoms with Crippen LogP contribution in [0.1, 0.15) is 39.6 Å². The number of nitrogens with zero attached hydrogens (tertiary/aromatic N) is 6. The summed E-state index contributed by atoms with van der Waals surface area (Å²) in [4.78, 5) is 18.8. The lowest BCUT2D eigenvalue weighted by Crippen LogP contribution is -2.29. The zero-order valence-electron chi connectivity index (χ0n) is 15.5. The van der Waals surface area contributed by atoms with Crippen LogP contribution in [0.15, 0.2) is 30.6 Å². The van der Waals surface area contributed by atoms with Crippen molar-refractivity contribution in [3.8, 4) is 5.00 Å². The maximum absolute atomic E-state index is 13.1. The van der Waals surface area contributed by atoms with Crippen molar-refractivity contribution >= 4 is 28.3 Å². The van der Waals surface area contributed by atoms with Crippen LogP contribution in [0, 0.1) is 13.8 Å². The van der Waals surface area contributed by atoms with Gasteiger partial charge in [0.1, 0.15) is 17.2 Å². The Labute approximate surface area is 159 Å². The van der Waals surface area contributed by atoms with Gasteiger partial charge < -0.3 is 9.88 Å². The summed E-state index contributed by atoms with van der Waals surface area (Å²) < 4.78 is 3.54. The van der Waals surface area contributed by atoms with Gasteiger partial charge in [-0.15, -0.1) is 16.4 Å². The molecule has 0 fully saturated rings. The summed E-state index contributed by atoms with van der Waals surface area (Å²) in [6.45, 7) is 5.86. The number of hydrogen-bond acceptors (Lipinski definition) is 6. The van der Waals surface area contributed by atoms with Crippen LogP contribution < -0.4 is 5.32 Å². The van der Waals surface area contributed by atoms with Crippen LogP contribution >= 0.6 is 11.3 Å². The van der Waals surface area contributed by atoms with Gasteiger partial charge in [-0.3, -0.25) is 4.79 Å². The molecule has 0 saturated carbocycles. The molecule has 0 aliphatic heterocycles. The third-order valence-electron chi connectivity index (χ3n) is 4.71. The third kappa shape index (κ3) is 2.89. The summed E-state index contributed by atoms with van der Waals surface area (Å²) in [6, 6.07) is 7.67. The van der Waals surface area contributed by atoms with Gasteiger partial charge in [0.2, 0.25) is 0 Å². The van der Waals surface area contributed by atoms with E-state index < -0.39 is 0 Å². The van der Waals surface area contributed by atoms with Crippen molar-refractivity contribution in [1.82, 2.24) is 35.1 Å². The second-order valence-electron chi connectivity index (χ2n) is 6.43. The first kappa shape index (κ1) is 17.3. The topological polar surface area (TPSA) is 90.5 Å². The lowest BCUT2D eigenvalue weighted by molar-refractivity contribution is 0.0937. The summed E-state index contributed by atoms with van der Waals surface area (Å²) in [7, 11) is 1.96. The Balaban J connectivity index is 1.67. The van der Waals surface area contributed by atoms with Crippen molar-refractivity contribution in [2.75, 3.05) is 0 Å². The number of tetrazole rings is 1. The molecule has 3 heterocycles. The maximum atomic E-state index is 13.1. The van der Waals surface area contributed by atoms with Crippen LogP contribution in [-0.2, 0) is 7.05 Å². The highest BCUT2D eigenvalue weighted by molar-refractivity contribution is 7.15. The fourth-order valence-corrected chi connectivity index (χ4v) is 4.25. The van der Waals surface area contributed by atoms with Crippen molar-refractivity contribution < 1.29 is 4.79 Å². The highest BCUT2D eigenvalue weighted by Crippen LogP contribution is 2.30. The van der Waals surface area contributed by atoms with Crippen molar-refractivity contribution in [2.24, 2.45) is 7.05 Å². The Kier molecular flexibility index (Phi) is 4.23. The largest absolute Gasteiger partial charge is 0.342 e. The lowest BCUT2D eigenvalue weighted by atomic mass is 10.1. The van der Waals surface area contributed by atoms with E-state index in [-0.39, 0.29) is 11.9 Å². The molecule has 1 N–H and O–H groups in total. The van der Waals surface area contributed by atoms with E-state index in [1.165, 1.54) is 22.3 Å². The predicted octanol–water partition coefficient (Wildman–Crippen LogP) is 2.72. The maximum Gasteiger partial charge on any atom is 0.255 e. The molecule has 9 heteroatoms. The van der Waals surface area contributed by atoms with Gasteiger partial charge in [0, 0.05) is 11.9 Å². The number of carbonyl (C=O) groups excluding carboxylic acids is 1. The Hall–Kier alpha value is -3.07. The van der Waals surface area contributed by atoms with Crippen LogP contribution in [0.5, 0.6) is 0 Å². The number of carbonyl (C=O) groups is 1. The molecule has 0 bridgehead atoms. The van der Waals surface area contributed by atoms with E-state index in [0.717, 1.165) is 27.3 Å². The van der Waals surface area contributed by atoms with Crippen LogP contribution in [0.3, 0.4) is 0 Å². The van der Waals surface area contributed by atoms with E-state index in [2.05, 4.69) is 25.8 Å². The molecule has 27 heavy (non-hydrogen) atoms. The van der Waals surface area contributed by atoms with E-state index in [1.807, 2.05) is 56.7 Å². The number of para-hydroxylation sites is 2. The minimum atomic E-state index is -0.253. The predicted molar refractivity (Wildman–Crippen MR) is 103 cm³/mol. The van der Waals surface area contributed by atoms with Crippen molar-refractivity contribution in [1.29, 1.82) is 0 Å². The minimum Gasteiger partial charge on any atom is -0.342 e. The first-order valence-corrected chi connectivity index (χ1v) is 9.34. The monoisotopic (exact) mass is 381 g/mol. The Morgan fingerprint density at radius 1 is 1.26 bits per heavy atom. The van der Waals surface area contributed by atoms with E-state index in [1.54, 1.807) is 0 Å². The highest BCUT2D eigenvalue weighted by atomic mass is 32.1. The molecule has 1 unspecified atom stereocenters. The molecule has 8 nitrogen and oxygen atoms in total. The number of fused-ring (bicyclic) bond motifs is 1. The fraction of sp³-hybridized carbons (Fsp3) is 0.278. The summed E-state index contributed by atoms with van der Waals surface area (Å²) in [5.41, 5.74) is 3.47. The average Bonchev–Trinajstić information content (AvgIpc) is 3.35. The Bertz CT molecular complexity index is 1130. The van der Waals surface area contributed by atoms with E-state index in [4.69, 9.17) is 0 Å². The summed E-state index contributed by atoms with van der Waals surface area (Å²) in [5, 5.41) is 15.1. The van der Waals surface area contributed by atoms with Crippen molar-refractivity contribution in [3.05, 3.63) is 52.4 Å². The lowest BCUT2D eigenvalue weighted by Gasteiger charge is -2.15. The smallest absolute Gasteiger partial charge is 0.255 e. The van der Waals surface area contributed by atoms with Gasteiger partial charge in [-0.25, -0.2) is 4.98 Å². The molecular formula is C18H19N7OS. The van der Waals surface area contributed by atoms with Crippen LogP contribution in [0.25, 0.3) is 16.0 Å². The number of thiophene rings is 1. The van der Waals surface area contributed by atoms with Crippen molar-refractivity contribution in [3.63, 3.8) is 0 Å². The zero-order chi connectivity index (χ0) is 19.1. The molecular weight excluding hydrogens is 362 g/mol. The fourth-order valence-electron chi connectivity index (χ4n) is 3.18. The number of aromatic nitrogens is 6. The third-order valence-corrected chi connectivity index (χ3v) is 5.90. The van der Waals surface area contributed by atoms with Gasteiger partial charge >= 0.3 is 0 Å². The number of nitrogens with one attached hydrogen (secondary N) is 1. The molecule has 0 saturated heterocycles. The van der Waals surface area contributed by atoms with Gasteiger partial charge in [-0.05, 0) is 48.9 Å². The van der Waals surface area contributed by atoms with Gasteiger partial charge in [-0.2, -0.15) is 4.68 Å². The summed E-state index contributed by atoms with van der Waals surface area (Å²) in [5.74, 6) is 0.639. The Morgan fingerprint density at radius 2 is 2.04 bits per heavy atom. The number of imidazole rings is 1. The van der Waals surface area contributed by atoms with Crippen LogP contribution in [-0.4, -0.2) is 35.7 Å². The molecule has 1 atom stereocenters. The number of hydrogen-bond donors (Lipinski definition) is 1. The van der Waals surface area contributed by atoms with Crippen LogP contribution in [0.2, 0.25) is 0 Å². The first-order chi connectivity index (χ1) is 13.0. The highest BCUT2D eigenvalue weighted by Gasteiger charge is 2.24. The van der Waals surface area contributed by atoms with Gasteiger partial charge in [0.15, 0.2) is 0 Å². The second kappa shape index (κ2) is 6.58. The average molecular weight is 381 g/mol. The molecule has 138 valence electrons. The molecule has 4 aromatic rings. The summed E-state index contributed by atoms with van der Waals surface area (Å²) in [6.07, 6.45) is 1.50. The number of amides is 1. The van der Waals surface area contributed by atoms with Crippen molar-refractivity contribution in [2.45, 2.75) is 26.8 Å². The summed E-state index contributed by atoms with van der Waals surface area (Å²) >= 11 is 1.50. The minimum absolute atomic E-state index is 0.165. The first-order valence-electron chi connectivity index (χ1n) is 8.53. The van der Waals surface area contributed by atoms with E-state index in [0.29, 0.717) is 10.6 Å². The Morgan fingerprint density at radius 3 is 2.74 bits per heavy atom. The number of aryl methyl sites for hydroxylation is 2. The molecule has 1 aromatic carbocycles. The van der Waals surface area contributed by atoms with E-state index >= 15 is 0 Å². The quantitative estimate of drug-likeness (QED) is 0.587. The molecule has 0 spiro atoms. The van der Waals surface area contributed by atoms with Gasteiger partial charge in [0.25, 0.3) is 5.91 Å². The number of benzene rings is 1. The second-order valence-corrected chi connectivity index (χ2v) is 7.63. The molecule has 1 amide bonds.